The molecule has 124 valence electrons. The smallest absolute Gasteiger partial charge is 0.212 e. The van der Waals surface area contributed by atoms with Crippen LogP contribution in [0.15, 0.2) is 78.9 Å². The van der Waals surface area contributed by atoms with Crippen molar-refractivity contribution in [3.05, 3.63) is 101 Å². The molecule has 1 heterocycles. The van der Waals surface area contributed by atoms with Crippen molar-refractivity contribution in [3.63, 3.8) is 0 Å². The Hall–Kier alpha value is -3.04. The summed E-state index contributed by atoms with van der Waals surface area (Å²) < 4.78 is 0. The number of fused-ring (bicyclic) bond motifs is 3. The zero-order chi connectivity index (χ0) is 17.5. The molecule has 3 nitrogen and oxygen atoms in total. The summed E-state index contributed by atoms with van der Waals surface area (Å²) in [6.07, 6.45) is 0. The highest BCUT2D eigenvalue weighted by molar-refractivity contribution is 6.28. The second kappa shape index (κ2) is 6.04. The highest BCUT2D eigenvalue weighted by Gasteiger charge is 2.32. The molecule has 4 aromatic rings. The molecule has 0 N–H and O–H groups in total. The summed E-state index contributed by atoms with van der Waals surface area (Å²) in [6.45, 7) is 0. The lowest BCUT2D eigenvalue weighted by Gasteiger charge is -2.13. The molecule has 0 saturated carbocycles. The maximum absolute atomic E-state index is 6.27. The van der Waals surface area contributed by atoms with Gasteiger partial charge in [-0.25, -0.2) is 9.97 Å². The van der Waals surface area contributed by atoms with Crippen LogP contribution < -0.4 is 0 Å². The van der Waals surface area contributed by atoms with Gasteiger partial charge in [-0.1, -0.05) is 78.9 Å². The molecule has 1 aliphatic carbocycles. The third-order valence-electron chi connectivity index (χ3n) is 4.75. The molecule has 1 aromatic heterocycles. The van der Waals surface area contributed by atoms with Gasteiger partial charge >= 0.3 is 0 Å². The molecule has 26 heavy (non-hydrogen) atoms. The molecular weight excluding hydrogens is 342 g/mol. The Morgan fingerprint density at radius 3 is 1.85 bits per heavy atom. The SMILES string of the molecule is Clc1nc(-c2ccccc2)nc(C2c3ccccc3-c3ccccc32)n1. The zero-order valence-electron chi connectivity index (χ0n) is 13.8. The lowest BCUT2D eigenvalue weighted by atomic mass is 9.96. The van der Waals surface area contributed by atoms with Crippen LogP contribution in [0.3, 0.4) is 0 Å². The van der Waals surface area contributed by atoms with Crippen molar-refractivity contribution < 1.29 is 0 Å². The van der Waals surface area contributed by atoms with Gasteiger partial charge in [0.25, 0.3) is 0 Å². The van der Waals surface area contributed by atoms with E-state index in [1.807, 2.05) is 30.3 Å². The van der Waals surface area contributed by atoms with E-state index in [2.05, 4.69) is 58.5 Å². The monoisotopic (exact) mass is 355 g/mol. The van der Waals surface area contributed by atoms with Crippen molar-refractivity contribution in [1.29, 1.82) is 0 Å². The van der Waals surface area contributed by atoms with Crippen LogP contribution in [0, 0.1) is 0 Å². The summed E-state index contributed by atoms with van der Waals surface area (Å²) in [6, 6.07) is 26.7. The first-order chi connectivity index (χ1) is 12.8. The van der Waals surface area contributed by atoms with E-state index >= 15 is 0 Å². The van der Waals surface area contributed by atoms with Crippen molar-refractivity contribution in [1.82, 2.24) is 15.0 Å². The molecule has 0 aliphatic heterocycles. The Bertz CT molecular complexity index is 1060. The fourth-order valence-corrected chi connectivity index (χ4v) is 3.81. The first kappa shape index (κ1) is 15.2. The topological polar surface area (TPSA) is 38.7 Å². The highest BCUT2D eigenvalue weighted by atomic mass is 35.5. The van der Waals surface area contributed by atoms with Crippen LogP contribution in [0.2, 0.25) is 5.28 Å². The molecule has 1 aliphatic rings. The Labute approximate surface area is 156 Å². The van der Waals surface area contributed by atoms with Crippen LogP contribution in [0.25, 0.3) is 22.5 Å². The number of benzene rings is 3. The van der Waals surface area contributed by atoms with E-state index in [1.165, 1.54) is 22.3 Å². The van der Waals surface area contributed by atoms with Crippen molar-refractivity contribution in [2.45, 2.75) is 5.92 Å². The number of hydrogen-bond donors (Lipinski definition) is 0. The van der Waals surface area contributed by atoms with E-state index in [0.29, 0.717) is 11.6 Å². The molecule has 0 fully saturated rings. The van der Waals surface area contributed by atoms with E-state index < -0.39 is 0 Å². The minimum atomic E-state index is -0.0367. The van der Waals surface area contributed by atoms with Crippen molar-refractivity contribution >= 4 is 11.6 Å². The molecule has 0 spiro atoms. The summed E-state index contributed by atoms with van der Waals surface area (Å²) in [5.41, 5.74) is 5.79. The molecule has 0 atom stereocenters. The van der Waals surface area contributed by atoms with Gasteiger partial charge in [0.2, 0.25) is 5.28 Å². The van der Waals surface area contributed by atoms with Gasteiger partial charge in [0.05, 0.1) is 5.92 Å². The minimum absolute atomic E-state index is 0.0367. The van der Waals surface area contributed by atoms with Gasteiger partial charge in [0, 0.05) is 5.56 Å². The first-order valence-corrected chi connectivity index (χ1v) is 8.84. The first-order valence-electron chi connectivity index (χ1n) is 8.46. The summed E-state index contributed by atoms with van der Waals surface area (Å²) in [5.74, 6) is 1.24. The number of nitrogens with zero attached hydrogens (tertiary/aromatic N) is 3. The van der Waals surface area contributed by atoms with Crippen molar-refractivity contribution in [2.75, 3.05) is 0 Å². The third kappa shape index (κ3) is 2.40. The molecule has 0 unspecified atom stereocenters. The zero-order valence-corrected chi connectivity index (χ0v) is 14.6. The van der Waals surface area contributed by atoms with Crippen LogP contribution in [-0.2, 0) is 0 Å². The maximum Gasteiger partial charge on any atom is 0.226 e. The molecule has 4 heteroatoms. The third-order valence-corrected chi connectivity index (χ3v) is 4.92. The Morgan fingerprint density at radius 2 is 1.19 bits per heavy atom. The van der Waals surface area contributed by atoms with E-state index in [-0.39, 0.29) is 11.2 Å². The average molecular weight is 356 g/mol. The van der Waals surface area contributed by atoms with E-state index in [1.54, 1.807) is 0 Å². The quantitative estimate of drug-likeness (QED) is 0.428. The Kier molecular flexibility index (Phi) is 3.54. The van der Waals surface area contributed by atoms with Gasteiger partial charge in [-0.15, -0.1) is 0 Å². The molecule has 0 saturated heterocycles. The normalized spacial score (nSPS) is 12.7. The maximum atomic E-state index is 6.27. The fraction of sp³-hybridized carbons (Fsp3) is 0.0455. The highest BCUT2D eigenvalue weighted by Crippen LogP contribution is 2.46. The number of halogens is 1. The van der Waals surface area contributed by atoms with Gasteiger partial charge in [0.15, 0.2) is 5.82 Å². The van der Waals surface area contributed by atoms with Crippen molar-refractivity contribution in [2.24, 2.45) is 0 Å². The summed E-state index contributed by atoms with van der Waals surface area (Å²) >= 11 is 6.27. The Balaban J connectivity index is 1.73. The largest absolute Gasteiger partial charge is 0.226 e. The number of rotatable bonds is 2. The van der Waals surface area contributed by atoms with Crippen molar-refractivity contribution in [3.8, 4) is 22.5 Å². The number of aromatic nitrogens is 3. The fourth-order valence-electron chi connectivity index (χ4n) is 3.64. The Morgan fingerprint density at radius 1 is 0.615 bits per heavy atom. The lowest BCUT2D eigenvalue weighted by Crippen LogP contribution is -2.08. The van der Waals surface area contributed by atoms with Gasteiger partial charge < -0.3 is 0 Å². The van der Waals surface area contributed by atoms with Crippen LogP contribution in [0.5, 0.6) is 0 Å². The van der Waals surface area contributed by atoms with Crippen LogP contribution in [0.1, 0.15) is 22.9 Å². The standard InChI is InChI=1S/C22H14ClN3/c23-22-25-20(14-8-2-1-3-9-14)24-21(26-22)19-17-12-6-4-10-15(17)16-11-5-7-13-18(16)19/h1-13,19H. The number of hydrogen-bond acceptors (Lipinski definition) is 3. The minimum Gasteiger partial charge on any atom is -0.212 e. The van der Waals surface area contributed by atoms with Gasteiger partial charge in [-0.05, 0) is 33.9 Å². The van der Waals surface area contributed by atoms with E-state index in [0.717, 1.165) is 5.56 Å². The molecule has 3 aromatic carbocycles. The summed E-state index contributed by atoms with van der Waals surface area (Å²) in [5, 5.41) is 0.218. The molecular formula is C22H14ClN3. The summed E-state index contributed by atoms with van der Waals surface area (Å²) in [4.78, 5) is 13.6. The molecule has 0 radical (unpaired) electrons. The summed E-state index contributed by atoms with van der Waals surface area (Å²) in [7, 11) is 0. The van der Waals surface area contributed by atoms with Crippen LogP contribution in [-0.4, -0.2) is 15.0 Å². The molecule has 5 rings (SSSR count). The molecule has 0 amide bonds. The lowest BCUT2D eigenvalue weighted by molar-refractivity contribution is 0.851. The van der Waals surface area contributed by atoms with Gasteiger partial charge in [-0.3, -0.25) is 0 Å². The van der Waals surface area contributed by atoms with Crippen LogP contribution >= 0.6 is 11.6 Å². The van der Waals surface area contributed by atoms with Gasteiger partial charge in [0.1, 0.15) is 5.82 Å². The molecule has 0 bridgehead atoms. The van der Waals surface area contributed by atoms with E-state index in [9.17, 15) is 0 Å². The predicted molar refractivity (Wildman–Crippen MR) is 103 cm³/mol. The van der Waals surface area contributed by atoms with Crippen LogP contribution in [0.4, 0.5) is 0 Å². The average Bonchev–Trinajstić information content (AvgIpc) is 3.03. The second-order valence-corrected chi connectivity index (χ2v) is 6.60. The van der Waals surface area contributed by atoms with Gasteiger partial charge in [-0.2, -0.15) is 4.98 Å². The predicted octanol–water partition coefficient (Wildman–Crippen LogP) is 5.35. The second-order valence-electron chi connectivity index (χ2n) is 6.26. The van der Waals surface area contributed by atoms with E-state index in [4.69, 9.17) is 16.6 Å².